The van der Waals surface area contributed by atoms with Gasteiger partial charge in [0.15, 0.2) is 0 Å². The van der Waals surface area contributed by atoms with Gasteiger partial charge in [-0.15, -0.1) is 0 Å². The first-order valence-electron chi connectivity index (χ1n) is 9.08. The van der Waals surface area contributed by atoms with E-state index in [0.29, 0.717) is 13.1 Å². The van der Waals surface area contributed by atoms with Gasteiger partial charge in [-0.2, -0.15) is 0 Å². The van der Waals surface area contributed by atoms with Gasteiger partial charge in [-0.1, -0.05) is 18.2 Å². The van der Waals surface area contributed by atoms with E-state index in [9.17, 15) is 9.59 Å². The average molecular weight is 350 g/mol. The molecule has 2 aromatic carbocycles. The van der Waals surface area contributed by atoms with Crippen molar-refractivity contribution >= 4 is 17.5 Å². The summed E-state index contributed by atoms with van der Waals surface area (Å²) in [5, 5.41) is 0. The fourth-order valence-electron chi connectivity index (χ4n) is 3.31. The van der Waals surface area contributed by atoms with Gasteiger partial charge in [-0.05, 0) is 56.2 Å². The Hall–Kier alpha value is -2.82. The molecule has 0 aromatic heterocycles. The first-order valence-corrected chi connectivity index (χ1v) is 9.08. The molecule has 5 heteroatoms. The number of hydrogen-bond donors (Lipinski definition) is 0. The summed E-state index contributed by atoms with van der Waals surface area (Å²) >= 11 is 0. The smallest absolute Gasteiger partial charge is 0.249 e. The van der Waals surface area contributed by atoms with Gasteiger partial charge in [-0.25, -0.2) is 0 Å². The molecule has 1 saturated carbocycles. The van der Waals surface area contributed by atoms with Crippen LogP contribution in [-0.2, 0) is 9.59 Å². The molecule has 0 bridgehead atoms. The topological polar surface area (TPSA) is 49.9 Å². The summed E-state index contributed by atoms with van der Waals surface area (Å²) in [5.74, 6) is 1.76. The zero-order chi connectivity index (χ0) is 18.1. The van der Waals surface area contributed by atoms with Gasteiger partial charge in [0.2, 0.25) is 11.8 Å². The Labute approximate surface area is 153 Å². The maximum absolute atomic E-state index is 12.8. The van der Waals surface area contributed by atoms with Crippen LogP contribution in [0.1, 0.15) is 19.8 Å². The van der Waals surface area contributed by atoms with Crippen LogP contribution in [0, 0.1) is 5.92 Å². The van der Waals surface area contributed by atoms with Gasteiger partial charge in [0.1, 0.15) is 17.5 Å². The molecule has 1 unspecified atom stereocenters. The van der Waals surface area contributed by atoms with Crippen molar-refractivity contribution in [3.05, 3.63) is 54.6 Å². The van der Waals surface area contributed by atoms with Gasteiger partial charge in [0, 0.05) is 24.7 Å². The monoisotopic (exact) mass is 350 g/mol. The number of benzene rings is 2. The van der Waals surface area contributed by atoms with Crippen molar-refractivity contribution in [2.75, 3.05) is 18.0 Å². The van der Waals surface area contributed by atoms with Crippen molar-refractivity contribution in [3.63, 3.8) is 0 Å². The molecule has 134 valence electrons. The van der Waals surface area contributed by atoms with Crippen LogP contribution in [-0.4, -0.2) is 35.8 Å². The Bertz CT molecular complexity index is 800. The maximum atomic E-state index is 12.8. The van der Waals surface area contributed by atoms with Crippen molar-refractivity contribution in [2.24, 2.45) is 5.92 Å². The highest BCUT2D eigenvalue weighted by atomic mass is 16.5. The molecule has 1 aliphatic carbocycles. The summed E-state index contributed by atoms with van der Waals surface area (Å²) in [6, 6.07) is 16.7. The third kappa shape index (κ3) is 3.29. The van der Waals surface area contributed by atoms with Crippen LogP contribution in [0.25, 0.3) is 0 Å². The molecule has 2 fully saturated rings. The SMILES string of the molecule is CC1C(=O)N(c2ccc(Oc3ccccc3)cc2)CCN1C(=O)C1CC1. The van der Waals surface area contributed by atoms with Gasteiger partial charge < -0.3 is 14.5 Å². The van der Waals surface area contributed by atoms with Gasteiger partial charge in [0.25, 0.3) is 0 Å². The van der Waals surface area contributed by atoms with E-state index in [1.54, 1.807) is 9.80 Å². The molecule has 2 aromatic rings. The number of amides is 2. The number of para-hydroxylation sites is 1. The number of nitrogens with zero attached hydrogens (tertiary/aromatic N) is 2. The molecule has 2 aliphatic rings. The molecule has 26 heavy (non-hydrogen) atoms. The second kappa shape index (κ2) is 6.83. The summed E-state index contributed by atoms with van der Waals surface area (Å²) in [5.41, 5.74) is 0.834. The molecular weight excluding hydrogens is 328 g/mol. The minimum Gasteiger partial charge on any atom is -0.457 e. The lowest BCUT2D eigenvalue weighted by Gasteiger charge is -2.39. The number of hydrogen-bond acceptors (Lipinski definition) is 3. The molecule has 5 nitrogen and oxygen atoms in total. The Morgan fingerprint density at radius 1 is 0.962 bits per heavy atom. The molecule has 1 saturated heterocycles. The zero-order valence-corrected chi connectivity index (χ0v) is 14.8. The number of anilines is 1. The van der Waals surface area contributed by atoms with Crippen molar-refractivity contribution in [3.8, 4) is 11.5 Å². The summed E-state index contributed by atoms with van der Waals surface area (Å²) in [6.45, 7) is 2.94. The van der Waals surface area contributed by atoms with E-state index in [4.69, 9.17) is 4.74 Å². The molecule has 1 aliphatic heterocycles. The molecule has 0 radical (unpaired) electrons. The Kier molecular flexibility index (Phi) is 4.37. The lowest BCUT2D eigenvalue weighted by Crippen LogP contribution is -2.58. The maximum Gasteiger partial charge on any atom is 0.249 e. The van der Waals surface area contributed by atoms with Gasteiger partial charge in [0.05, 0.1) is 0 Å². The fourth-order valence-corrected chi connectivity index (χ4v) is 3.31. The van der Waals surface area contributed by atoms with Gasteiger partial charge >= 0.3 is 0 Å². The van der Waals surface area contributed by atoms with E-state index in [1.807, 2.05) is 61.5 Å². The minimum absolute atomic E-state index is 0.0259. The van der Waals surface area contributed by atoms with E-state index in [-0.39, 0.29) is 17.7 Å². The largest absolute Gasteiger partial charge is 0.457 e. The summed E-state index contributed by atoms with van der Waals surface area (Å²) < 4.78 is 5.79. The van der Waals surface area contributed by atoms with E-state index < -0.39 is 6.04 Å². The number of carbonyl (C=O) groups is 2. The van der Waals surface area contributed by atoms with Gasteiger partial charge in [-0.3, -0.25) is 9.59 Å². The van der Waals surface area contributed by atoms with Crippen LogP contribution in [0.4, 0.5) is 5.69 Å². The Morgan fingerprint density at radius 3 is 2.27 bits per heavy atom. The average Bonchev–Trinajstić information content (AvgIpc) is 3.50. The summed E-state index contributed by atoms with van der Waals surface area (Å²) in [7, 11) is 0. The number of ether oxygens (including phenoxy) is 1. The van der Waals surface area contributed by atoms with E-state index in [0.717, 1.165) is 30.0 Å². The lowest BCUT2D eigenvalue weighted by molar-refractivity contribution is -0.141. The molecule has 0 N–H and O–H groups in total. The molecular formula is C21H22N2O3. The normalized spacial score (nSPS) is 20.2. The second-order valence-electron chi connectivity index (χ2n) is 6.88. The van der Waals surface area contributed by atoms with Crippen molar-refractivity contribution in [1.82, 2.24) is 4.90 Å². The predicted octanol–water partition coefficient (Wildman–Crippen LogP) is 3.45. The van der Waals surface area contributed by atoms with Crippen LogP contribution in [0.3, 0.4) is 0 Å². The lowest BCUT2D eigenvalue weighted by atomic mass is 10.1. The highest BCUT2D eigenvalue weighted by molar-refractivity contribution is 6.00. The summed E-state index contributed by atoms with van der Waals surface area (Å²) in [6.07, 6.45) is 1.92. The van der Waals surface area contributed by atoms with E-state index in [2.05, 4.69) is 0 Å². The quantitative estimate of drug-likeness (QED) is 0.849. The van der Waals surface area contributed by atoms with E-state index >= 15 is 0 Å². The van der Waals surface area contributed by atoms with Crippen LogP contribution in [0.2, 0.25) is 0 Å². The highest BCUT2D eigenvalue weighted by Crippen LogP contribution is 2.33. The number of carbonyl (C=O) groups excluding carboxylic acids is 2. The number of rotatable bonds is 4. The fraction of sp³-hybridized carbons (Fsp3) is 0.333. The molecule has 2 amide bonds. The first-order chi connectivity index (χ1) is 12.6. The molecule has 1 atom stereocenters. The van der Waals surface area contributed by atoms with Crippen molar-refractivity contribution < 1.29 is 14.3 Å². The Morgan fingerprint density at radius 2 is 1.62 bits per heavy atom. The molecule has 0 spiro atoms. The third-order valence-electron chi connectivity index (χ3n) is 4.99. The zero-order valence-electron chi connectivity index (χ0n) is 14.8. The Balaban J connectivity index is 1.44. The van der Waals surface area contributed by atoms with Crippen LogP contribution in [0.15, 0.2) is 54.6 Å². The van der Waals surface area contributed by atoms with Crippen molar-refractivity contribution in [2.45, 2.75) is 25.8 Å². The highest BCUT2D eigenvalue weighted by Gasteiger charge is 2.40. The van der Waals surface area contributed by atoms with Crippen molar-refractivity contribution in [1.29, 1.82) is 0 Å². The summed E-state index contributed by atoms with van der Waals surface area (Å²) in [4.78, 5) is 28.6. The van der Waals surface area contributed by atoms with Crippen LogP contribution < -0.4 is 9.64 Å². The molecule has 4 rings (SSSR count). The van der Waals surface area contributed by atoms with E-state index in [1.165, 1.54) is 0 Å². The third-order valence-corrected chi connectivity index (χ3v) is 4.99. The second-order valence-corrected chi connectivity index (χ2v) is 6.88. The van der Waals surface area contributed by atoms with Crippen LogP contribution >= 0.6 is 0 Å². The first kappa shape index (κ1) is 16.6. The van der Waals surface area contributed by atoms with Crippen LogP contribution in [0.5, 0.6) is 11.5 Å². The standard InChI is InChI=1S/C21H22N2O3/c1-15-20(24)23(14-13-22(15)21(25)16-7-8-16)17-9-11-19(12-10-17)26-18-5-3-2-4-6-18/h2-6,9-12,15-16H,7-8,13-14H2,1H3. The number of piperazine rings is 1. The molecule has 1 heterocycles. The minimum atomic E-state index is -0.405. The predicted molar refractivity (Wildman–Crippen MR) is 99.2 cm³/mol.